The average Bonchev–Trinajstić information content (AvgIpc) is 2.12. The van der Waals surface area contributed by atoms with E-state index in [9.17, 15) is 4.79 Å². The molecule has 14 heavy (non-hydrogen) atoms. The molecule has 0 saturated heterocycles. The highest BCUT2D eigenvalue weighted by Gasteiger charge is 2.13. The zero-order valence-corrected chi connectivity index (χ0v) is 8.99. The summed E-state index contributed by atoms with van der Waals surface area (Å²) in [6.07, 6.45) is 0.140. The topological polar surface area (TPSA) is 70.8 Å². The van der Waals surface area contributed by atoms with Gasteiger partial charge in [0.25, 0.3) is 0 Å². The van der Waals surface area contributed by atoms with Gasteiger partial charge in [-0.1, -0.05) is 0 Å². The van der Waals surface area contributed by atoms with Crippen LogP contribution in [0.5, 0.6) is 0 Å². The molecule has 0 bridgehead atoms. The van der Waals surface area contributed by atoms with Crippen molar-refractivity contribution in [1.82, 2.24) is 0 Å². The van der Waals surface area contributed by atoms with Crippen molar-refractivity contribution < 1.29 is 19.0 Å². The van der Waals surface area contributed by atoms with Gasteiger partial charge in [-0.25, -0.2) is 0 Å². The van der Waals surface area contributed by atoms with Gasteiger partial charge in [-0.05, 0) is 13.8 Å². The van der Waals surface area contributed by atoms with Gasteiger partial charge in [-0.15, -0.1) is 0 Å². The normalized spacial score (nSPS) is 12.9. The van der Waals surface area contributed by atoms with E-state index >= 15 is 0 Å². The third-order valence-corrected chi connectivity index (χ3v) is 1.43. The lowest BCUT2D eigenvalue weighted by molar-refractivity contribution is -0.148. The molecule has 0 heterocycles. The minimum atomic E-state index is -0.709. The van der Waals surface area contributed by atoms with Gasteiger partial charge in [0.15, 0.2) is 0 Å². The molecule has 5 heteroatoms. The largest absolute Gasteiger partial charge is 0.462 e. The first-order valence-electron chi connectivity index (χ1n) is 4.60. The number of carbonyl (C=O) groups is 1. The zero-order valence-electron chi connectivity index (χ0n) is 8.99. The van der Waals surface area contributed by atoms with Crippen LogP contribution >= 0.6 is 0 Å². The summed E-state index contributed by atoms with van der Waals surface area (Å²) in [6, 6.07) is -0.709. The summed E-state index contributed by atoms with van der Waals surface area (Å²) in [4.78, 5) is 11.1. The third-order valence-electron chi connectivity index (χ3n) is 1.43. The van der Waals surface area contributed by atoms with Crippen LogP contribution in [0.4, 0.5) is 0 Å². The van der Waals surface area contributed by atoms with Crippen LogP contribution in [-0.2, 0) is 19.0 Å². The van der Waals surface area contributed by atoms with E-state index in [-0.39, 0.29) is 19.3 Å². The van der Waals surface area contributed by atoms with Crippen LogP contribution < -0.4 is 5.73 Å². The standard InChI is InChI=1S/C9H19NO4/c1-7(2)13-4-5-14-9(11)8(10)6-12-3/h7-8H,4-6,10H2,1-3H3. The molecule has 0 aliphatic heterocycles. The van der Waals surface area contributed by atoms with Crippen LogP contribution in [0.25, 0.3) is 0 Å². The Kier molecular flexibility index (Phi) is 7.37. The number of carbonyl (C=O) groups excluding carboxylic acids is 1. The molecule has 0 spiro atoms. The molecule has 0 aliphatic rings. The Balaban J connectivity index is 3.44. The Bertz CT molecular complexity index is 161. The Morgan fingerprint density at radius 3 is 2.50 bits per heavy atom. The van der Waals surface area contributed by atoms with Crippen LogP contribution in [0.1, 0.15) is 13.8 Å². The van der Waals surface area contributed by atoms with Crippen molar-refractivity contribution >= 4 is 5.97 Å². The summed E-state index contributed by atoms with van der Waals surface area (Å²) in [5, 5.41) is 0. The molecule has 84 valence electrons. The highest BCUT2D eigenvalue weighted by atomic mass is 16.6. The summed E-state index contributed by atoms with van der Waals surface area (Å²) in [7, 11) is 1.48. The molecule has 2 N–H and O–H groups in total. The Morgan fingerprint density at radius 1 is 1.36 bits per heavy atom. The Morgan fingerprint density at radius 2 is 2.00 bits per heavy atom. The maximum Gasteiger partial charge on any atom is 0.325 e. The number of hydrogen-bond acceptors (Lipinski definition) is 5. The van der Waals surface area contributed by atoms with Crippen molar-refractivity contribution in [3.05, 3.63) is 0 Å². The van der Waals surface area contributed by atoms with Crippen molar-refractivity contribution in [1.29, 1.82) is 0 Å². The SMILES string of the molecule is COCC(N)C(=O)OCCOC(C)C. The van der Waals surface area contributed by atoms with Crippen LogP contribution in [0.2, 0.25) is 0 Å². The quantitative estimate of drug-likeness (QED) is 0.465. The molecular formula is C9H19NO4. The number of hydrogen-bond donors (Lipinski definition) is 1. The van der Waals surface area contributed by atoms with Crippen molar-refractivity contribution in [2.75, 3.05) is 26.9 Å². The summed E-state index contributed by atoms with van der Waals surface area (Å²) < 4.78 is 14.7. The second kappa shape index (κ2) is 7.73. The van der Waals surface area contributed by atoms with Crippen molar-refractivity contribution in [2.45, 2.75) is 26.0 Å². The molecule has 1 atom stereocenters. The smallest absolute Gasteiger partial charge is 0.325 e. The molecule has 0 aromatic heterocycles. The van der Waals surface area contributed by atoms with Gasteiger partial charge in [0.2, 0.25) is 0 Å². The van der Waals surface area contributed by atoms with Gasteiger partial charge in [0.1, 0.15) is 12.6 Å². The Hall–Kier alpha value is -0.650. The maximum absolute atomic E-state index is 11.1. The number of rotatable bonds is 7. The predicted octanol–water partition coefficient (Wildman–Crippen LogP) is -0.0717. The summed E-state index contributed by atoms with van der Waals surface area (Å²) in [5.74, 6) is -0.459. The van der Waals surface area contributed by atoms with E-state index in [2.05, 4.69) is 0 Å². The van der Waals surface area contributed by atoms with E-state index in [0.29, 0.717) is 6.61 Å². The molecular weight excluding hydrogens is 186 g/mol. The monoisotopic (exact) mass is 205 g/mol. The van der Waals surface area contributed by atoms with Gasteiger partial charge in [0, 0.05) is 7.11 Å². The number of esters is 1. The highest BCUT2D eigenvalue weighted by Crippen LogP contribution is 1.90. The first-order valence-corrected chi connectivity index (χ1v) is 4.60. The van der Waals surface area contributed by atoms with Gasteiger partial charge >= 0.3 is 5.97 Å². The molecule has 0 amide bonds. The summed E-state index contributed by atoms with van der Waals surface area (Å²) >= 11 is 0. The highest BCUT2D eigenvalue weighted by molar-refractivity contribution is 5.75. The van der Waals surface area contributed by atoms with E-state index in [1.165, 1.54) is 7.11 Å². The van der Waals surface area contributed by atoms with E-state index in [0.717, 1.165) is 0 Å². The first kappa shape index (κ1) is 13.4. The Labute approximate surface area is 84.5 Å². The second-order valence-electron chi connectivity index (χ2n) is 3.15. The molecule has 0 fully saturated rings. The maximum atomic E-state index is 11.1. The zero-order chi connectivity index (χ0) is 11.0. The van der Waals surface area contributed by atoms with Crippen molar-refractivity contribution in [2.24, 2.45) is 5.73 Å². The van der Waals surface area contributed by atoms with Crippen LogP contribution in [-0.4, -0.2) is 45.0 Å². The average molecular weight is 205 g/mol. The molecule has 0 rings (SSSR count). The second-order valence-corrected chi connectivity index (χ2v) is 3.15. The van der Waals surface area contributed by atoms with Crippen LogP contribution in [0.3, 0.4) is 0 Å². The van der Waals surface area contributed by atoms with Gasteiger partial charge in [0.05, 0.1) is 19.3 Å². The number of nitrogens with two attached hydrogens (primary N) is 1. The molecule has 0 saturated carbocycles. The molecule has 0 aromatic carbocycles. The van der Waals surface area contributed by atoms with Crippen LogP contribution in [0, 0.1) is 0 Å². The fourth-order valence-electron chi connectivity index (χ4n) is 0.781. The van der Waals surface area contributed by atoms with Gasteiger partial charge in [-0.3, -0.25) is 4.79 Å². The number of ether oxygens (including phenoxy) is 3. The molecule has 5 nitrogen and oxygen atoms in total. The fourth-order valence-corrected chi connectivity index (χ4v) is 0.781. The first-order chi connectivity index (χ1) is 6.57. The summed E-state index contributed by atoms with van der Waals surface area (Å²) in [6.45, 7) is 4.62. The number of methoxy groups -OCH3 is 1. The predicted molar refractivity (Wildman–Crippen MR) is 51.9 cm³/mol. The van der Waals surface area contributed by atoms with Gasteiger partial charge < -0.3 is 19.9 Å². The minimum absolute atomic E-state index is 0.140. The minimum Gasteiger partial charge on any atom is -0.462 e. The van der Waals surface area contributed by atoms with Crippen LogP contribution in [0.15, 0.2) is 0 Å². The van der Waals surface area contributed by atoms with Gasteiger partial charge in [-0.2, -0.15) is 0 Å². The third kappa shape index (κ3) is 6.82. The molecule has 0 radical (unpaired) electrons. The lowest BCUT2D eigenvalue weighted by Gasteiger charge is -2.11. The molecule has 0 aromatic rings. The van der Waals surface area contributed by atoms with Crippen molar-refractivity contribution in [3.63, 3.8) is 0 Å². The lowest BCUT2D eigenvalue weighted by atomic mass is 10.3. The molecule has 0 aliphatic carbocycles. The summed E-state index contributed by atoms with van der Waals surface area (Å²) in [5.41, 5.74) is 5.43. The van der Waals surface area contributed by atoms with E-state index in [4.69, 9.17) is 19.9 Å². The van der Waals surface area contributed by atoms with E-state index in [1.807, 2.05) is 13.8 Å². The lowest BCUT2D eigenvalue weighted by Crippen LogP contribution is -2.36. The fraction of sp³-hybridized carbons (Fsp3) is 0.889. The van der Waals surface area contributed by atoms with E-state index in [1.54, 1.807) is 0 Å². The van der Waals surface area contributed by atoms with Crippen molar-refractivity contribution in [3.8, 4) is 0 Å². The molecule has 1 unspecified atom stereocenters. The van der Waals surface area contributed by atoms with E-state index < -0.39 is 12.0 Å².